The van der Waals surface area contributed by atoms with Crippen LogP contribution in [-0.4, -0.2) is 55.6 Å². The standard InChI is InChI=1S/C25H27FN4O2/c1-32-24-7-3-2-6-22(24)29-13-15-30(16-14-29)23(20-5-4-12-27-17-20)18-28-25(31)19-8-10-21(26)11-9-19/h2-12,17,23H,13-16,18H2,1H3,(H,28,31)/t23-/m1/s1. The molecule has 6 nitrogen and oxygen atoms in total. The van der Waals surface area contributed by atoms with E-state index in [1.165, 1.54) is 24.3 Å². The predicted molar refractivity (Wildman–Crippen MR) is 122 cm³/mol. The average Bonchev–Trinajstić information content (AvgIpc) is 2.85. The first-order valence-corrected chi connectivity index (χ1v) is 10.7. The van der Waals surface area contributed by atoms with Gasteiger partial charge in [-0.1, -0.05) is 18.2 Å². The molecule has 1 amide bonds. The molecule has 166 valence electrons. The Kier molecular flexibility index (Phi) is 6.97. The van der Waals surface area contributed by atoms with Crippen molar-refractivity contribution in [2.75, 3.05) is 44.7 Å². The second-order valence-corrected chi connectivity index (χ2v) is 7.71. The highest BCUT2D eigenvalue weighted by molar-refractivity contribution is 5.94. The van der Waals surface area contributed by atoms with Crippen LogP contribution in [-0.2, 0) is 0 Å². The molecule has 0 bridgehead atoms. The van der Waals surface area contributed by atoms with Gasteiger partial charge in [-0.05, 0) is 48.0 Å². The third kappa shape index (κ3) is 5.06. The van der Waals surface area contributed by atoms with E-state index in [0.29, 0.717) is 12.1 Å². The van der Waals surface area contributed by atoms with Crippen LogP contribution in [0.3, 0.4) is 0 Å². The van der Waals surface area contributed by atoms with Gasteiger partial charge < -0.3 is 15.0 Å². The fourth-order valence-electron chi connectivity index (χ4n) is 4.09. The van der Waals surface area contributed by atoms with Crippen molar-refractivity contribution >= 4 is 11.6 Å². The van der Waals surface area contributed by atoms with E-state index >= 15 is 0 Å². The zero-order valence-electron chi connectivity index (χ0n) is 18.1. The summed E-state index contributed by atoms with van der Waals surface area (Å²) in [5.74, 6) is 0.297. The Hall–Kier alpha value is -3.45. The third-order valence-corrected chi connectivity index (χ3v) is 5.81. The van der Waals surface area contributed by atoms with Gasteiger partial charge in [0, 0.05) is 50.7 Å². The minimum Gasteiger partial charge on any atom is -0.495 e. The maximum Gasteiger partial charge on any atom is 0.251 e. The smallest absolute Gasteiger partial charge is 0.251 e. The molecule has 7 heteroatoms. The maximum atomic E-state index is 13.2. The fourth-order valence-corrected chi connectivity index (χ4v) is 4.09. The van der Waals surface area contributed by atoms with Crippen LogP contribution in [0.5, 0.6) is 5.75 Å². The van der Waals surface area contributed by atoms with E-state index in [1.54, 1.807) is 13.3 Å². The number of para-hydroxylation sites is 2. The number of methoxy groups -OCH3 is 1. The van der Waals surface area contributed by atoms with Gasteiger partial charge >= 0.3 is 0 Å². The van der Waals surface area contributed by atoms with Crippen LogP contribution in [0.15, 0.2) is 73.1 Å². The molecule has 1 atom stereocenters. The number of piperazine rings is 1. The molecular weight excluding hydrogens is 407 g/mol. The van der Waals surface area contributed by atoms with Crippen LogP contribution in [0, 0.1) is 5.82 Å². The van der Waals surface area contributed by atoms with Gasteiger partial charge in [0.25, 0.3) is 5.91 Å². The van der Waals surface area contributed by atoms with Crippen molar-refractivity contribution in [3.63, 3.8) is 0 Å². The first kappa shape index (κ1) is 21.8. The second-order valence-electron chi connectivity index (χ2n) is 7.71. The lowest BCUT2D eigenvalue weighted by molar-refractivity contribution is 0.0930. The number of anilines is 1. The summed E-state index contributed by atoms with van der Waals surface area (Å²) < 4.78 is 18.7. The molecule has 1 N–H and O–H groups in total. The summed E-state index contributed by atoms with van der Waals surface area (Å²) in [7, 11) is 1.69. The lowest BCUT2D eigenvalue weighted by Crippen LogP contribution is -2.50. The third-order valence-electron chi connectivity index (χ3n) is 5.81. The molecule has 1 aliphatic rings. The summed E-state index contributed by atoms with van der Waals surface area (Å²) in [6.07, 6.45) is 3.60. The maximum absolute atomic E-state index is 13.2. The summed E-state index contributed by atoms with van der Waals surface area (Å²) in [5, 5.41) is 3.01. The Balaban J connectivity index is 1.44. The minimum absolute atomic E-state index is 0.00656. The van der Waals surface area contributed by atoms with Crippen molar-refractivity contribution in [1.82, 2.24) is 15.2 Å². The monoisotopic (exact) mass is 434 g/mol. The van der Waals surface area contributed by atoms with Crippen LogP contribution in [0.2, 0.25) is 0 Å². The molecule has 1 aliphatic heterocycles. The van der Waals surface area contributed by atoms with E-state index in [9.17, 15) is 9.18 Å². The molecule has 1 saturated heterocycles. The fraction of sp³-hybridized carbons (Fsp3) is 0.280. The van der Waals surface area contributed by atoms with Crippen molar-refractivity contribution in [2.24, 2.45) is 0 Å². The normalized spacial score (nSPS) is 15.2. The topological polar surface area (TPSA) is 57.7 Å². The molecule has 1 aromatic heterocycles. The largest absolute Gasteiger partial charge is 0.495 e. The van der Waals surface area contributed by atoms with E-state index in [2.05, 4.69) is 26.2 Å². The van der Waals surface area contributed by atoms with Gasteiger partial charge in [0.1, 0.15) is 11.6 Å². The van der Waals surface area contributed by atoms with Crippen molar-refractivity contribution in [3.8, 4) is 5.75 Å². The second kappa shape index (κ2) is 10.2. The molecule has 1 fully saturated rings. The van der Waals surface area contributed by atoms with Gasteiger partial charge in [0.05, 0.1) is 18.8 Å². The van der Waals surface area contributed by atoms with Gasteiger partial charge in [-0.2, -0.15) is 0 Å². The van der Waals surface area contributed by atoms with E-state index in [0.717, 1.165) is 43.2 Å². The Bertz CT molecular complexity index is 1020. The van der Waals surface area contributed by atoms with Gasteiger partial charge in [0.2, 0.25) is 0 Å². The highest BCUT2D eigenvalue weighted by atomic mass is 19.1. The van der Waals surface area contributed by atoms with Crippen molar-refractivity contribution in [3.05, 3.63) is 90.0 Å². The number of rotatable bonds is 7. The van der Waals surface area contributed by atoms with Crippen LogP contribution in [0.25, 0.3) is 0 Å². The van der Waals surface area contributed by atoms with Gasteiger partial charge in [-0.15, -0.1) is 0 Å². The number of aromatic nitrogens is 1. The molecule has 3 aromatic rings. The van der Waals surface area contributed by atoms with Crippen LogP contribution in [0.4, 0.5) is 10.1 Å². The Morgan fingerprint density at radius 3 is 2.50 bits per heavy atom. The highest BCUT2D eigenvalue weighted by Gasteiger charge is 2.27. The molecule has 2 aromatic carbocycles. The summed E-state index contributed by atoms with van der Waals surface area (Å²) in [6.45, 7) is 3.82. The number of amides is 1. The summed E-state index contributed by atoms with van der Waals surface area (Å²) in [6, 6.07) is 17.6. The number of carbonyl (C=O) groups is 1. The minimum atomic E-state index is -0.359. The first-order valence-electron chi connectivity index (χ1n) is 10.7. The Labute approximate surface area is 187 Å². The highest BCUT2D eigenvalue weighted by Crippen LogP contribution is 2.30. The van der Waals surface area contributed by atoms with Crippen LogP contribution in [0.1, 0.15) is 22.0 Å². The van der Waals surface area contributed by atoms with Crippen LogP contribution < -0.4 is 15.0 Å². The molecule has 0 unspecified atom stereocenters. The van der Waals surface area contributed by atoms with E-state index in [1.807, 2.05) is 36.5 Å². The number of ether oxygens (including phenoxy) is 1. The van der Waals surface area contributed by atoms with E-state index in [-0.39, 0.29) is 17.8 Å². The zero-order valence-corrected chi connectivity index (χ0v) is 18.1. The summed E-state index contributed by atoms with van der Waals surface area (Å²) in [4.78, 5) is 21.6. The van der Waals surface area contributed by atoms with E-state index in [4.69, 9.17) is 4.74 Å². The van der Waals surface area contributed by atoms with Crippen molar-refractivity contribution in [1.29, 1.82) is 0 Å². The number of nitrogens with one attached hydrogen (secondary N) is 1. The number of hydrogen-bond donors (Lipinski definition) is 1. The average molecular weight is 435 g/mol. The number of halogens is 1. The number of nitrogens with zero attached hydrogens (tertiary/aromatic N) is 3. The Morgan fingerprint density at radius 2 is 1.81 bits per heavy atom. The van der Waals surface area contributed by atoms with Gasteiger partial charge in [-0.25, -0.2) is 4.39 Å². The number of carbonyl (C=O) groups excluding carboxylic acids is 1. The van der Waals surface area contributed by atoms with Gasteiger partial charge in [-0.3, -0.25) is 14.7 Å². The molecule has 2 heterocycles. The summed E-state index contributed by atoms with van der Waals surface area (Å²) in [5.41, 5.74) is 2.59. The van der Waals surface area contributed by atoms with Crippen molar-refractivity contribution < 1.29 is 13.9 Å². The van der Waals surface area contributed by atoms with Crippen LogP contribution >= 0.6 is 0 Å². The molecular formula is C25H27FN4O2. The molecule has 32 heavy (non-hydrogen) atoms. The molecule has 0 radical (unpaired) electrons. The molecule has 4 rings (SSSR count). The quantitative estimate of drug-likeness (QED) is 0.617. The molecule has 0 saturated carbocycles. The number of hydrogen-bond acceptors (Lipinski definition) is 5. The molecule has 0 aliphatic carbocycles. The van der Waals surface area contributed by atoms with Crippen molar-refractivity contribution in [2.45, 2.75) is 6.04 Å². The summed E-state index contributed by atoms with van der Waals surface area (Å²) >= 11 is 0. The number of pyridine rings is 1. The number of benzene rings is 2. The molecule has 0 spiro atoms. The zero-order chi connectivity index (χ0) is 22.3. The SMILES string of the molecule is COc1ccccc1N1CCN([C@H](CNC(=O)c2ccc(F)cc2)c2cccnc2)CC1. The van der Waals surface area contributed by atoms with E-state index < -0.39 is 0 Å². The Morgan fingerprint density at radius 1 is 1.06 bits per heavy atom. The lowest BCUT2D eigenvalue weighted by atomic mass is 10.1. The lowest BCUT2D eigenvalue weighted by Gasteiger charge is -2.40. The first-order chi connectivity index (χ1) is 15.7. The van der Waals surface area contributed by atoms with Gasteiger partial charge in [0.15, 0.2) is 0 Å². The predicted octanol–water partition coefficient (Wildman–Crippen LogP) is 3.52.